The number of rotatable bonds is 4. The van der Waals surface area contributed by atoms with E-state index >= 15 is 0 Å². The first kappa shape index (κ1) is 19.0. The van der Waals surface area contributed by atoms with Gasteiger partial charge in [-0.3, -0.25) is 4.57 Å². The van der Waals surface area contributed by atoms with E-state index in [1.165, 1.54) is 23.9 Å². The molecule has 2 N–H and O–H groups in total. The van der Waals surface area contributed by atoms with Crippen LogP contribution in [-0.2, 0) is 0 Å². The van der Waals surface area contributed by atoms with E-state index in [0.29, 0.717) is 41.3 Å². The summed E-state index contributed by atoms with van der Waals surface area (Å²) in [5.74, 6) is 0.390. The molecule has 0 aliphatic carbocycles. The molecule has 1 atom stereocenters. The Bertz CT molecular complexity index is 1350. The molecule has 0 saturated carbocycles. The highest BCUT2D eigenvalue weighted by atomic mass is 19.1. The maximum Gasteiger partial charge on any atom is 0.328 e. The summed E-state index contributed by atoms with van der Waals surface area (Å²) in [6.45, 7) is 2.20. The Morgan fingerprint density at radius 2 is 2.19 bits per heavy atom. The number of nitrogens with one attached hydrogen (secondary N) is 2. The van der Waals surface area contributed by atoms with Crippen molar-refractivity contribution in [3.63, 3.8) is 0 Å². The normalized spacial score (nSPS) is 15.4. The predicted molar refractivity (Wildman–Crippen MR) is 112 cm³/mol. The molecule has 9 nitrogen and oxygen atoms in total. The van der Waals surface area contributed by atoms with Gasteiger partial charge in [0.15, 0.2) is 17.2 Å². The molecule has 1 aliphatic heterocycles. The van der Waals surface area contributed by atoms with Crippen LogP contribution in [0.5, 0.6) is 11.6 Å². The minimum atomic E-state index is -0.453. The third-order valence-electron chi connectivity index (χ3n) is 5.19. The first-order valence-electron chi connectivity index (χ1n) is 9.71. The zero-order valence-electron chi connectivity index (χ0n) is 16.8. The van der Waals surface area contributed by atoms with Gasteiger partial charge < -0.3 is 19.8 Å². The van der Waals surface area contributed by atoms with E-state index in [0.717, 1.165) is 5.56 Å². The summed E-state index contributed by atoms with van der Waals surface area (Å²) in [5.41, 5.74) is 2.68. The summed E-state index contributed by atoms with van der Waals surface area (Å²) >= 11 is 0. The van der Waals surface area contributed by atoms with Crippen molar-refractivity contribution in [2.24, 2.45) is 0 Å². The average molecular weight is 422 g/mol. The number of methoxy groups -OCH3 is 1. The molecule has 0 spiro atoms. The van der Waals surface area contributed by atoms with Gasteiger partial charge in [0.25, 0.3) is 0 Å². The Balaban J connectivity index is 1.61. The fourth-order valence-electron chi connectivity index (χ4n) is 3.83. The van der Waals surface area contributed by atoms with Crippen molar-refractivity contribution in [3.05, 3.63) is 64.1 Å². The number of H-pyrrole nitrogens is 1. The second kappa shape index (κ2) is 7.38. The standard InChI is InChI=1S/C21H19FN6O3/c1-11-8-14(19(30-2)23-9-11)25-20-24-10-15-18(27-20)28(21(29)26-15)16-6-7-31-17-12(16)4-3-5-13(17)22/h3-5,8-10,16H,6-7H2,1-2H3,(H,26,29)(H,24,25,27). The predicted octanol–water partition coefficient (Wildman–Crippen LogP) is 3.09. The van der Waals surface area contributed by atoms with Gasteiger partial charge in [0, 0.05) is 18.2 Å². The Kier molecular flexibility index (Phi) is 4.54. The SMILES string of the molecule is COc1ncc(C)cc1Nc1ncc2[nH]c(=O)n(C3CCOc4c(F)cccc43)c2n1. The number of imidazole rings is 1. The van der Waals surface area contributed by atoms with Crippen LogP contribution in [0, 0.1) is 12.7 Å². The molecule has 5 rings (SSSR count). The van der Waals surface area contributed by atoms with E-state index in [4.69, 9.17) is 9.47 Å². The van der Waals surface area contributed by atoms with Gasteiger partial charge in [0.1, 0.15) is 11.2 Å². The number of benzene rings is 1. The van der Waals surface area contributed by atoms with Gasteiger partial charge in [0.05, 0.1) is 26.0 Å². The number of aromatic amines is 1. The van der Waals surface area contributed by atoms with Crippen molar-refractivity contribution in [1.29, 1.82) is 0 Å². The molecule has 0 bridgehead atoms. The number of anilines is 2. The number of hydrogen-bond donors (Lipinski definition) is 2. The maximum absolute atomic E-state index is 14.2. The highest BCUT2D eigenvalue weighted by Gasteiger charge is 2.28. The van der Waals surface area contributed by atoms with Gasteiger partial charge in [-0.25, -0.2) is 19.2 Å². The van der Waals surface area contributed by atoms with Crippen LogP contribution in [0.15, 0.2) is 41.5 Å². The topological polar surface area (TPSA) is 107 Å². The molecule has 4 heterocycles. The lowest BCUT2D eigenvalue weighted by Gasteiger charge is -2.26. The van der Waals surface area contributed by atoms with Gasteiger partial charge in [-0.1, -0.05) is 12.1 Å². The summed E-state index contributed by atoms with van der Waals surface area (Å²) in [6.07, 6.45) is 3.73. The Morgan fingerprint density at radius 3 is 3.03 bits per heavy atom. The van der Waals surface area contributed by atoms with Crippen LogP contribution in [0.2, 0.25) is 0 Å². The van der Waals surface area contributed by atoms with Crippen LogP contribution in [0.4, 0.5) is 16.0 Å². The number of nitrogens with zero attached hydrogens (tertiary/aromatic N) is 4. The van der Waals surface area contributed by atoms with E-state index in [1.807, 2.05) is 13.0 Å². The lowest BCUT2D eigenvalue weighted by molar-refractivity contribution is 0.244. The van der Waals surface area contributed by atoms with Crippen molar-refractivity contribution in [1.82, 2.24) is 24.5 Å². The van der Waals surface area contributed by atoms with E-state index in [2.05, 4.69) is 25.3 Å². The van der Waals surface area contributed by atoms with Crippen LogP contribution in [0.3, 0.4) is 0 Å². The molecule has 158 valence electrons. The van der Waals surface area contributed by atoms with Crippen LogP contribution in [0.1, 0.15) is 23.6 Å². The molecule has 0 amide bonds. The molecule has 3 aromatic heterocycles. The first-order valence-corrected chi connectivity index (χ1v) is 9.71. The molecule has 1 aromatic carbocycles. The van der Waals surface area contributed by atoms with Crippen molar-refractivity contribution < 1.29 is 13.9 Å². The third-order valence-corrected chi connectivity index (χ3v) is 5.19. The number of pyridine rings is 1. The fraction of sp³-hybridized carbons (Fsp3) is 0.238. The summed E-state index contributed by atoms with van der Waals surface area (Å²) in [5, 5.41) is 3.10. The highest BCUT2D eigenvalue weighted by molar-refractivity contribution is 5.73. The Hall–Kier alpha value is -3.95. The lowest BCUT2D eigenvalue weighted by Crippen LogP contribution is -2.28. The number of halogens is 1. The van der Waals surface area contributed by atoms with Crippen molar-refractivity contribution in [3.8, 4) is 11.6 Å². The van der Waals surface area contributed by atoms with Crippen molar-refractivity contribution in [2.75, 3.05) is 19.0 Å². The molecular formula is C21H19FN6O3. The van der Waals surface area contributed by atoms with Crippen molar-refractivity contribution >= 4 is 22.8 Å². The van der Waals surface area contributed by atoms with Crippen LogP contribution >= 0.6 is 0 Å². The van der Waals surface area contributed by atoms with Crippen molar-refractivity contribution in [2.45, 2.75) is 19.4 Å². The van der Waals surface area contributed by atoms with Crippen LogP contribution in [0.25, 0.3) is 11.2 Å². The second-order valence-electron chi connectivity index (χ2n) is 7.24. The summed E-state index contributed by atoms with van der Waals surface area (Å²) in [4.78, 5) is 28.7. The largest absolute Gasteiger partial charge is 0.490 e. The third kappa shape index (κ3) is 3.25. The first-order chi connectivity index (χ1) is 15.0. The number of fused-ring (bicyclic) bond motifs is 2. The lowest BCUT2D eigenvalue weighted by atomic mass is 10.00. The van der Waals surface area contributed by atoms with E-state index < -0.39 is 11.9 Å². The zero-order valence-corrected chi connectivity index (χ0v) is 16.8. The van der Waals surface area contributed by atoms with Gasteiger partial charge >= 0.3 is 5.69 Å². The van der Waals surface area contributed by atoms with E-state index in [9.17, 15) is 9.18 Å². The van der Waals surface area contributed by atoms with Gasteiger partial charge in [-0.2, -0.15) is 4.98 Å². The minimum Gasteiger partial charge on any atom is -0.490 e. The summed E-state index contributed by atoms with van der Waals surface area (Å²) < 4.78 is 26.6. The number of aromatic nitrogens is 5. The fourth-order valence-corrected chi connectivity index (χ4v) is 3.83. The minimum absolute atomic E-state index is 0.169. The number of aryl methyl sites for hydroxylation is 1. The summed E-state index contributed by atoms with van der Waals surface area (Å²) in [6, 6.07) is 6.15. The van der Waals surface area contributed by atoms with E-state index in [1.54, 1.807) is 18.3 Å². The quantitative estimate of drug-likeness (QED) is 0.520. The highest BCUT2D eigenvalue weighted by Crippen LogP contribution is 2.37. The van der Waals surface area contributed by atoms with E-state index in [-0.39, 0.29) is 17.4 Å². The molecule has 0 saturated heterocycles. The molecule has 1 unspecified atom stereocenters. The molecule has 31 heavy (non-hydrogen) atoms. The monoisotopic (exact) mass is 422 g/mol. The van der Waals surface area contributed by atoms with Gasteiger partial charge in [0.2, 0.25) is 11.8 Å². The smallest absolute Gasteiger partial charge is 0.328 e. The van der Waals surface area contributed by atoms with Crippen LogP contribution < -0.4 is 20.5 Å². The second-order valence-corrected chi connectivity index (χ2v) is 7.24. The Morgan fingerprint density at radius 1 is 1.32 bits per heavy atom. The van der Waals surface area contributed by atoms with Gasteiger partial charge in [-0.15, -0.1) is 0 Å². The molecular weight excluding hydrogens is 403 g/mol. The van der Waals surface area contributed by atoms with Crippen LogP contribution in [-0.4, -0.2) is 38.2 Å². The number of ether oxygens (including phenoxy) is 2. The average Bonchev–Trinajstić information content (AvgIpc) is 3.09. The molecule has 4 aromatic rings. The molecule has 0 radical (unpaired) electrons. The van der Waals surface area contributed by atoms with Gasteiger partial charge in [-0.05, 0) is 24.6 Å². The molecule has 0 fully saturated rings. The number of para-hydroxylation sites is 1. The summed E-state index contributed by atoms with van der Waals surface area (Å²) in [7, 11) is 1.53. The maximum atomic E-state index is 14.2. The molecule has 1 aliphatic rings. The molecule has 10 heteroatoms. The zero-order chi connectivity index (χ0) is 21.5. The number of hydrogen-bond acceptors (Lipinski definition) is 7. The Labute approximate surface area is 175 Å².